The highest BCUT2D eigenvalue weighted by atomic mass is 16.6. The largest absolute Gasteiger partial charge is 0.444 e. The van der Waals surface area contributed by atoms with E-state index in [-0.39, 0.29) is 19.4 Å². The number of ether oxygens (including phenoxy) is 2. The van der Waals surface area contributed by atoms with Gasteiger partial charge in [-0.25, -0.2) is 9.59 Å². The van der Waals surface area contributed by atoms with Gasteiger partial charge in [0.2, 0.25) is 0 Å². The van der Waals surface area contributed by atoms with Crippen molar-refractivity contribution in [2.45, 2.75) is 18.9 Å². The van der Waals surface area contributed by atoms with Crippen LogP contribution in [0.3, 0.4) is 0 Å². The van der Waals surface area contributed by atoms with Crippen molar-refractivity contribution in [3.63, 3.8) is 0 Å². The predicted molar refractivity (Wildman–Crippen MR) is 53.4 cm³/mol. The Hall–Kier alpha value is -2.45. The van der Waals surface area contributed by atoms with Crippen molar-refractivity contribution >= 4 is 11.9 Å². The molecule has 0 aromatic heterocycles. The van der Waals surface area contributed by atoms with Gasteiger partial charge in [0.05, 0.1) is 6.07 Å². The summed E-state index contributed by atoms with van der Waals surface area (Å²) in [4.78, 5) is 21.9. The fraction of sp³-hybridized carbons (Fsp3) is 0.364. The molecule has 0 fully saturated rings. The van der Waals surface area contributed by atoms with E-state index in [9.17, 15) is 9.59 Å². The third-order valence-electron chi connectivity index (χ3n) is 1.41. The van der Waals surface area contributed by atoms with E-state index in [0.717, 1.165) is 0 Å². The standard InChI is InChI=1S/C11H9NO4/c1-3-8-15-10(13)11(14)16-9(4-2)6-5-7-12/h1-2,9H,5-6,8H2. The summed E-state index contributed by atoms with van der Waals surface area (Å²) in [6, 6.07) is 1.84. The molecule has 0 spiro atoms. The second kappa shape index (κ2) is 7.91. The topological polar surface area (TPSA) is 76.4 Å². The zero-order valence-corrected chi connectivity index (χ0v) is 8.43. The van der Waals surface area contributed by atoms with Crippen molar-refractivity contribution in [1.29, 1.82) is 5.26 Å². The van der Waals surface area contributed by atoms with E-state index in [1.165, 1.54) is 0 Å². The van der Waals surface area contributed by atoms with E-state index in [2.05, 4.69) is 15.4 Å². The van der Waals surface area contributed by atoms with Crippen molar-refractivity contribution < 1.29 is 19.1 Å². The van der Waals surface area contributed by atoms with Crippen LogP contribution in [0.4, 0.5) is 0 Å². The fourth-order valence-corrected chi connectivity index (χ4v) is 0.715. The van der Waals surface area contributed by atoms with Crippen LogP contribution in [0.5, 0.6) is 0 Å². The van der Waals surface area contributed by atoms with Gasteiger partial charge in [-0.2, -0.15) is 5.26 Å². The van der Waals surface area contributed by atoms with Gasteiger partial charge >= 0.3 is 11.9 Å². The van der Waals surface area contributed by atoms with Gasteiger partial charge in [0, 0.05) is 12.8 Å². The second-order valence-electron chi connectivity index (χ2n) is 2.54. The Bertz CT molecular complexity index is 380. The van der Waals surface area contributed by atoms with Crippen LogP contribution in [0.25, 0.3) is 0 Å². The van der Waals surface area contributed by atoms with Crippen LogP contribution in [0.1, 0.15) is 12.8 Å². The van der Waals surface area contributed by atoms with E-state index in [1.807, 2.05) is 12.0 Å². The molecule has 0 rings (SSSR count). The number of nitrogens with zero attached hydrogens (tertiary/aromatic N) is 1. The summed E-state index contributed by atoms with van der Waals surface area (Å²) < 4.78 is 8.91. The molecule has 0 aromatic carbocycles. The fourth-order valence-electron chi connectivity index (χ4n) is 0.715. The van der Waals surface area contributed by atoms with Crippen LogP contribution in [-0.4, -0.2) is 24.6 Å². The van der Waals surface area contributed by atoms with Crippen LogP contribution in [-0.2, 0) is 19.1 Å². The normalized spacial score (nSPS) is 10.1. The van der Waals surface area contributed by atoms with Crippen molar-refractivity contribution in [2.75, 3.05) is 6.61 Å². The predicted octanol–water partition coefficient (Wildman–Crippen LogP) is 0.0116. The molecule has 0 N–H and O–H groups in total. The molecule has 0 aliphatic heterocycles. The molecule has 0 saturated heterocycles. The van der Waals surface area contributed by atoms with Gasteiger partial charge < -0.3 is 9.47 Å². The van der Waals surface area contributed by atoms with Crippen LogP contribution < -0.4 is 0 Å². The highest BCUT2D eigenvalue weighted by molar-refractivity contribution is 6.29. The van der Waals surface area contributed by atoms with Gasteiger partial charge in [-0.15, -0.1) is 12.8 Å². The third-order valence-corrected chi connectivity index (χ3v) is 1.41. The lowest BCUT2D eigenvalue weighted by atomic mass is 10.2. The molecule has 0 heterocycles. The highest BCUT2D eigenvalue weighted by Crippen LogP contribution is 2.01. The summed E-state index contributed by atoms with van der Waals surface area (Å²) >= 11 is 0. The summed E-state index contributed by atoms with van der Waals surface area (Å²) in [7, 11) is 0. The molecule has 5 nitrogen and oxygen atoms in total. The molecule has 0 aromatic rings. The molecular weight excluding hydrogens is 210 g/mol. The molecule has 0 aliphatic carbocycles. The van der Waals surface area contributed by atoms with Crippen molar-refractivity contribution in [3.8, 4) is 30.8 Å². The van der Waals surface area contributed by atoms with Crippen LogP contribution in [0, 0.1) is 36.0 Å². The van der Waals surface area contributed by atoms with E-state index >= 15 is 0 Å². The number of carbonyl (C=O) groups is 2. The quantitative estimate of drug-likeness (QED) is 0.378. The molecule has 0 radical (unpaired) electrons. The first kappa shape index (κ1) is 13.5. The van der Waals surface area contributed by atoms with Crippen molar-refractivity contribution in [3.05, 3.63) is 0 Å². The molecular formula is C11H9NO4. The van der Waals surface area contributed by atoms with Crippen LogP contribution in [0.2, 0.25) is 0 Å². The molecule has 0 amide bonds. The zero-order valence-electron chi connectivity index (χ0n) is 8.43. The lowest BCUT2D eigenvalue weighted by Gasteiger charge is -2.09. The minimum Gasteiger partial charge on any atom is -0.444 e. The molecule has 82 valence electrons. The highest BCUT2D eigenvalue weighted by Gasteiger charge is 2.20. The van der Waals surface area contributed by atoms with Crippen LogP contribution in [0.15, 0.2) is 0 Å². The minimum absolute atomic E-state index is 0.127. The van der Waals surface area contributed by atoms with Gasteiger partial charge in [0.25, 0.3) is 0 Å². The number of carbonyl (C=O) groups excluding carboxylic acids is 2. The average Bonchev–Trinajstić information content (AvgIpc) is 2.30. The summed E-state index contributed by atoms with van der Waals surface area (Å²) in [5.74, 6) is 1.75. The van der Waals surface area contributed by atoms with Crippen LogP contribution >= 0.6 is 0 Å². The third kappa shape index (κ3) is 5.32. The van der Waals surface area contributed by atoms with E-state index in [0.29, 0.717) is 0 Å². The summed E-state index contributed by atoms with van der Waals surface area (Å²) in [6.07, 6.45) is 9.25. The molecule has 0 saturated carbocycles. The van der Waals surface area contributed by atoms with Gasteiger partial charge in [0.15, 0.2) is 12.7 Å². The number of hydrogen-bond acceptors (Lipinski definition) is 5. The van der Waals surface area contributed by atoms with Gasteiger partial charge in [-0.05, 0) is 0 Å². The number of terminal acetylenes is 2. The molecule has 1 unspecified atom stereocenters. The van der Waals surface area contributed by atoms with E-state index < -0.39 is 18.0 Å². The first-order valence-electron chi connectivity index (χ1n) is 4.30. The zero-order chi connectivity index (χ0) is 12.4. The maximum Gasteiger partial charge on any atom is 0.418 e. The Morgan fingerprint density at radius 1 is 1.31 bits per heavy atom. The van der Waals surface area contributed by atoms with E-state index in [4.69, 9.17) is 18.1 Å². The van der Waals surface area contributed by atoms with E-state index in [1.54, 1.807) is 0 Å². The van der Waals surface area contributed by atoms with Gasteiger partial charge in [-0.3, -0.25) is 0 Å². The summed E-state index contributed by atoms with van der Waals surface area (Å²) in [5, 5.41) is 8.30. The number of nitriles is 1. The Morgan fingerprint density at radius 2 is 2.00 bits per heavy atom. The number of rotatable bonds is 4. The molecule has 1 atom stereocenters. The maximum atomic E-state index is 11.0. The maximum absolute atomic E-state index is 11.0. The Balaban J connectivity index is 4.12. The van der Waals surface area contributed by atoms with Crippen molar-refractivity contribution in [1.82, 2.24) is 0 Å². The molecule has 16 heavy (non-hydrogen) atoms. The number of esters is 2. The average molecular weight is 219 g/mol. The summed E-state index contributed by atoms with van der Waals surface area (Å²) in [5.41, 5.74) is 0. The van der Waals surface area contributed by atoms with Gasteiger partial charge in [-0.1, -0.05) is 11.8 Å². The SMILES string of the molecule is C#CCOC(=O)C(=O)OC(C#C)CCC#N. The first-order chi connectivity index (χ1) is 7.65. The molecule has 0 aliphatic rings. The Morgan fingerprint density at radius 3 is 2.50 bits per heavy atom. The Labute approximate surface area is 93.3 Å². The second-order valence-corrected chi connectivity index (χ2v) is 2.54. The molecule has 0 bridgehead atoms. The monoisotopic (exact) mass is 219 g/mol. The van der Waals surface area contributed by atoms with Gasteiger partial charge in [0.1, 0.15) is 0 Å². The smallest absolute Gasteiger partial charge is 0.418 e. The summed E-state index contributed by atoms with van der Waals surface area (Å²) in [6.45, 7) is -0.313. The van der Waals surface area contributed by atoms with Crippen molar-refractivity contribution in [2.24, 2.45) is 0 Å². The lowest BCUT2D eigenvalue weighted by Crippen LogP contribution is -2.25. The number of hydrogen-bond donors (Lipinski definition) is 0. The molecule has 5 heteroatoms. The first-order valence-corrected chi connectivity index (χ1v) is 4.30. The Kier molecular flexibility index (Phi) is 6.70. The lowest BCUT2D eigenvalue weighted by molar-refractivity contribution is -0.168. The minimum atomic E-state index is -1.21.